The predicted octanol–water partition coefficient (Wildman–Crippen LogP) is 2.89. The van der Waals surface area contributed by atoms with Gasteiger partial charge in [0.1, 0.15) is 0 Å². The molecule has 12 heavy (non-hydrogen) atoms. The quantitative estimate of drug-likeness (QED) is 0.565. The monoisotopic (exact) mass is 173 g/mol. The standard InChI is InChI=1S/C9H7F3/c10-9(11,12)8-5-6-3-1-2-4-7(6)8/h1-4,8H,5H2/t8-/m0/s1/i5D/t5-,8+/m1. The van der Waals surface area contributed by atoms with E-state index in [0.717, 1.165) is 0 Å². The number of hydrogen-bond acceptors (Lipinski definition) is 0. The molecule has 0 amide bonds. The van der Waals surface area contributed by atoms with E-state index in [0.29, 0.717) is 5.56 Å². The highest BCUT2D eigenvalue weighted by Gasteiger charge is 2.46. The van der Waals surface area contributed by atoms with Crippen molar-refractivity contribution in [2.24, 2.45) is 0 Å². The molecule has 3 heteroatoms. The number of rotatable bonds is 0. The van der Waals surface area contributed by atoms with Crippen LogP contribution < -0.4 is 0 Å². The topological polar surface area (TPSA) is 0 Å². The number of hydrogen-bond donors (Lipinski definition) is 0. The Morgan fingerprint density at radius 3 is 2.67 bits per heavy atom. The zero-order chi connectivity index (χ0) is 9.64. The number of alkyl halides is 3. The molecular weight excluding hydrogens is 165 g/mol. The summed E-state index contributed by atoms with van der Waals surface area (Å²) in [5.74, 6) is -1.58. The van der Waals surface area contributed by atoms with Crippen molar-refractivity contribution in [2.75, 3.05) is 0 Å². The van der Waals surface area contributed by atoms with Gasteiger partial charge in [-0.1, -0.05) is 24.3 Å². The lowest BCUT2D eigenvalue weighted by Crippen LogP contribution is -2.30. The van der Waals surface area contributed by atoms with E-state index in [1.807, 2.05) is 0 Å². The minimum atomic E-state index is -4.28. The SMILES string of the molecule is [2H][C@@H]1c2ccccc2[C@H]1C(F)(F)F. The van der Waals surface area contributed by atoms with E-state index in [4.69, 9.17) is 1.37 Å². The van der Waals surface area contributed by atoms with E-state index < -0.39 is 18.5 Å². The Kier molecular flexibility index (Phi) is 1.22. The maximum Gasteiger partial charge on any atom is 0.396 e. The van der Waals surface area contributed by atoms with E-state index in [1.165, 1.54) is 6.07 Å². The lowest BCUT2D eigenvalue weighted by atomic mass is 9.77. The highest BCUT2D eigenvalue weighted by molar-refractivity contribution is 5.40. The van der Waals surface area contributed by atoms with Crippen LogP contribution in [0.1, 0.15) is 18.4 Å². The predicted molar refractivity (Wildman–Crippen MR) is 38.9 cm³/mol. The van der Waals surface area contributed by atoms with Gasteiger partial charge >= 0.3 is 6.18 Å². The maximum atomic E-state index is 12.3. The van der Waals surface area contributed by atoms with Crippen molar-refractivity contribution in [2.45, 2.75) is 18.5 Å². The normalized spacial score (nSPS) is 28.8. The van der Waals surface area contributed by atoms with Gasteiger partial charge in [-0.2, -0.15) is 13.2 Å². The van der Waals surface area contributed by atoms with Gasteiger partial charge in [0, 0.05) is 1.37 Å². The Balaban J connectivity index is 2.40. The zero-order valence-corrected chi connectivity index (χ0v) is 6.10. The molecule has 2 rings (SSSR count). The molecule has 1 aromatic rings. The van der Waals surface area contributed by atoms with Crippen LogP contribution in [0, 0.1) is 0 Å². The van der Waals surface area contributed by atoms with Crippen LogP contribution in [0.25, 0.3) is 0 Å². The van der Waals surface area contributed by atoms with Gasteiger partial charge in [-0.25, -0.2) is 0 Å². The van der Waals surface area contributed by atoms with Crippen molar-refractivity contribution in [3.05, 3.63) is 35.4 Å². The van der Waals surface area contributed by atoms with E-state index in [-0.39, 0.29) is 5.56 Å². The van der Waals surface area contributed by atoms with Crippen molar-refractivity contribution in [1.82, 2.24) is 0 Å². The van der Waals surface area contributed by atoms with Crippen molar-refractivity contribution in [3.8, 4) is 0 Å². The minimum Gasteiger partial charge on any atom is -0.170 e. The highest BCUT2D eigenvalue weighted by Crippen LogP contribution is 2.45. The van der Waals surface area contributed by atoms with Gasteiger partial charge in [-0.3, -0.25) is 0 Å². The van der Waals surface area contributed by atoms with Crippen LogP contribution in [-0.4, -0.2) is 6.18 Å². The molecule has 0 spiro atoms. The van der Waals surface area contributed by atoms with Crippen LogP contribution in [0.5, 0.6) is 0 Å². The number of halogens is 3. The van der Waals surface area contributed by atoms with Gasteiger partial charge in [0.25, 0.3) is 0 Å². The molecule has 1 aliphatic carbocycles. The van der Waals surface area contributed by atoms with E-state index in [9.17, 15) is 13.2 Å². The Morgan fingerprint density at radius 2 is 2.00 bits per heavy atom. The van der Waals surface area contributed by atoms with Crippen molar-refractivity contribution >= 4 is 0 Å². The first-order chi connectivity index (χ1) is 6.02. The molecule has 0 N–H and O–H groups in total. The summed E-state index contributed by atoms with van der Waals surface area (Å²) in [5.41, 5.74) is 0.764. The lowest BCUT2D eigenvalue weighted by molar-refractivity contribution is -0.155. The average Bonchev–Trinajstić information content (AvgIpc) is 2.00. The molecule has 0 heterocycles. The third-order valence-electron chi connectivity index (χ3n) is 2.03. The van der Waals surface area contributed by atoms with Crippen molar-refractivity contribution in [1.29, 1.82) is 0 Å². The molecule has 2 atom stereocenters. The molecule has 1 aliphatic rings. The first-order valence-electron chi connectivity index (χ1n) is 4.17. The van der Waals surface area contributed by atoms with Gasteiger partial charge in [0.15, 0.2) is 0 Å². The second kappa shape index (κ2) is 2.25. The van der Waals surface area contributed by atoms with Crippen LogP contribution in [0.2, 0.25) is 0 Å². The fourth-order valence-corrected chi connectivity index (χ4v) is 1.39. The fraction of sp³-hybridized carbons (Fsp3) is 0.333. The van der Waals surface area contributed by atoms with Crippen LogP contribution >= 0.6 is 0 Å². The summed E-state index contributed by atoms with van der Waals surface area (Å²) in [6.07, 6.45) is -5.41. The Bertz CT molecular complexity index is 332. The van der Waals surface area contributed by atoms with Crippen molar-refractivity contribution in [3.63, 3.8) is 0 Å². The molecule has 0 bridgehead atoms. The van der Waals surface area contributed by atoms with Gasteiger partial charge in [-0.15, -0.1) is 0 Å². The summed E-state index contributed by atoms with van der Waals surface area (Å²) in [5, 5.41) is 0. The molecule has 0 radical (unpaired) electrons. The zero-order valence-electron chi connectivity index (χ0n) is 7.10. The summed E-state index contributed by atoms with van der Waals surface area (Å²) in [6.45, 7) is 0. The summed E-state index contributed by atoms with van der Waals surface area (Å²) in [4.78, 5) is 0. The van der Waals surface area contributed by atoms with E-state index in [1.54, 1.807) is 18.2 Å². The first kappa shape index (κ1) is 6.52. The number of benzene rings is 1. The van der Waals surface area contributed by atoms with E-state index in [2.05, 4.69) is 0 Å². The average molecular weight is 173 g/mol. The smallest absolute Gasteiger partial charge is 0.170 e. The summed E-state index contributed by atoms with van der Waals surface area (Å²) < 4.78 is 44.2. The largest absolute Gasteiger partial charge is 0.396 e. The number of fused-ring (bicyclic) bond motifs is 1. The Morgan fingerprint density at radius 1 is 1.33 bits per heavy atom. The van der Waals surface area contributed by atoms with Crippen LogP contribution in [0.3, 0.4) is 0 Å². The molecule has 0 saturated carbocycles. The lowest BCUT2D eigenvalue weighted by Gasteiger charge is -2.31. The third kappa shape index (κ3) is 1.00. The summed E-state index contributed by atoms with van der Waals surface area (Å²) in [6, 6.07) is 6.25. The van der Waals surface area contributed by atoms with Crippen LogP contribution in [-0.2, 0) is 6.40 Å². The van der Waals surface area contributed by atoms with Gasteiger partial charge in [-0.05, 0) is 17.5 Å². The Labute approximate surface area is 69.4 Å². The highest BCUT2D eigenvalue weighted by atomic mass is 19.4. The van der Waals surface area contributed by atoms with Gasteiger partial charge in [0.05, 0.1) is 5.92 Å². The molecule has 0 fully saturated rings. The molecule has 64 valence electrons. The molecule has 1 aromatic carbocycles. The maximum absolute atomic E-state index is 12.3. The van der Waals surface area contributed by atoms with Gasteiger partial charge < -0.3 is 0 Å². The van der Waals surface area contributed by atoms with Crippen molar-refractivity contribution < 1.29 is 14.5 Å². The molecular formula is C9H7F3. The molecule has 0 saturated heterocycles. The molecule has 0 unspecified atom stereocenters. The Hall–Kier alpha value is -0.990. The third-order valence-corrected chi connectivity index (χ3v) is 2.03. The molecule has 0 nitrogen and oxygen atoms in total. The summed E-state index contributed by atoms with van der Waals surface area (Å²) in [7, 11) is 0. The van der Waals surface area contributed by atoms with Crippen LogP contribution in [0.15, 0.2) is 24.3 Å². The van der Waals surface area contributed by atoms with E-state index >= 15 is 0 Å². The second-order valence-corrected chi connectivity index (χ2v) is 2.81. The van der Waals surface area contributed by atoms with Crippen LogP contribution in [0.4, 0.5) is 13.2 Å². The van der Waals surface area contributed by atoms with Gasteiger partial charge in [0.2, 0.25) is 0 Å². The second-order valence-electron chi connectivity index (χ2n) is 2.81. The first-order valence-corrected chi connectivity index (χ1v) is 3.59. The minimum absolute atomic E-state index is 0.259. The fourth-order valence-electron chi connectivity index (χ4n) is 1.39. The summed E-state index contributed by atoms with van der Waals surface area (Å²) >= 11 is 0. The molecule has 0 aliphatic heterocycles. The molecule has 0 aromatic heterocycles.